The summed E-state index contributed by atoms with van der Waals surface area (Å²) in [5.41, 5.74) is 3.61. The largest absolute Gasteiger partial charge is 0.294 e. The van der Waals surface area contributed by atoms with Crippen LogP contribution >= 0.6 is 0 Å². The highest BCUT2D eigenvalue weighted by Gasteiger charge is 2.75. The quantitative estimate of drug-likeness (QED) is 0.540. The van der Waals surface area contributed by atoms with Gasteiger partial charge in [0, 0.05) is 6.42 Å². The Bertz CT molecular complexity index is 1080. The van der Waals surface area contributed by atoms with E-state index >= 15 is 0 Å². The number of nitrogens with zero attached hydrogens (tertiary/aromatic N) is 3. The molecule has 1 saturated heterocycles. The second kappa shape index (κ2) is 7.31. The van der Waals surface area contributed by atoms with Crippen LogP contribution in [0.4, 0.5) is 0 Å². The van der Waals surface area contributed by atoms with Crippen LogP contribution in [-0.4, -0.2) is 41.0 Å². The van der Waals surface area contributed by atoms with Crippen LogP contribution < -0.4 is 0 Å². The molecule has 3 unspecified atom stereocenters. The lowest BCUT2D eigenvalue weighted by Crippen LogP contribution is -2.73. The van der Waals surface area contributed by atoms with Gasteiger partial charge in [-0.1, -0.05) is 71.3 Å². The van der Waals surface area contributed by atoms with Crippen molar-refractivity contribution < 1.29 is 13.9 Å². The zero-order chi connectivity index (χ0) is 20.6. The second-order valence-electron chi connectivity index (χ2n) is 8.65. The van der Waals surface area contributed by atoms with E-state index in [1.54, 1.807) is 0 Å². The summed E-state index contributed by atoms with van der Waals surface area (Å²) in [6.45, 7) is 1.29. The van der Waals surface area contributed by atoms with E-state index in [0.717, 1.165) is 29.0 Å². The third kappa shape index (κ3) is 3.09. The number of hydrogen-bond acceptors (Lipinski definition) is 2. The minimum absolute atomic E-state index is 0.141. The topological polar surface area (TPSA) is 29.4 Å². The van der Waals surface area contributed by atoms with E-state index in [0.29, 0.717) is 17.6 Å². The van der Waals surface area contributed by atoms with Crippen molar-refractivity contribution in [3.63, 3.8) is 0 Å². The number of benzene rings is 3. The fourth-order valence-electron chi connectivity index (χ4n) is 5.26. The van der Waals surface area contributed by atoms with Crippen LogP contribution in [0.3, 0.4) is 0 Å². The predicted octanol–water partition coefficient (Wildman–Crippen LogP) is 4.50. The van der Waals surface area contributed by atoms with E-state index in [1.807, 2.05) is 30.3 Å². The average molecular weight is 398 g/mol. The fraction of sp³-hybridized carbons (Fsp3) is 0.231. The molecule has 3 aliphatic rings. The summed E-state index contributed by atoms with van der Waals surface area (Å²) in [5, 5.41) is 5.19. The van der Waals surface area contributed by atoms with Gasteiger partial charge in [-0.25, -0.2) is 0 Å². The Kier molecular flexibility index (Phi) is 4.61. The standard InChI is InChI=1S/C26H27N3O/c1-28-20-29(26(28)23-15-9-4-10-16-23,27-25(28)22-13-7-3-8-14-22)19-24(30)18-17-21-11-5-2-6-12-21/h2-16,26H,17-20H2,1H3/q+2. The molecule has 1 fully saturated rings. The van der Waals surface area contributed by atoms with Gasteiger partial charge in [-0.3, -0.25) is 4.79 Å². The SMILES string of the molecule is C[N+]12C[N+](CC(=O)CCc3ccccc3)(N=C1c1ccccc1)C2c1ccccc1. The summed E-state index contributed by atoms with van der Waals surface area (Å²) >= 11 is 0. The van der Waals surface area contributed by atoms with Crippen molar-refractivity contribution >= 4 is 11.6 Å². The van der Waals surface area contributed by atoms with Crippen LogP contribution in [0.1, 0.15) is 29.3 Å². The van der Waals surface area contributed by atoms with Gasteiger partial charge in [-0.05, 0) is 41.4 Å². The molecule has 2 bridgehead atoms. The third-order valence-electron chi connectivity index (χ3n) is 6.43. The molecule has 0 N–H and O–H groups in total. The Morgan fingerprint density at radius 3 is 2.17 bits per heavy atom. The van der Waals surface area contributed by atoms with Crippen molar-refractivity contribution in [1.82, 2.24) is 0 Å². The van der Waals surface area contributed by atoms with E-state index in [4.69, 9.17) is 5.10 Å². The molecule has 3 aromatic carbocycles. The number of aryl methyl sites for hydroxylation is 1. The lowest BCUT2D eigenvalue weighted by Gasteiger charge is -2.49. The highest BCUT2D eigenvalue weighted by atomic mass is 16.1. The maximum absolute atomic E-state index is 13.0. The minimum atomic E-state index is 0.141. The first kappa shape index (κ1) is 18.9. The maximum atomic E-state index is 13.0. The third-order valence-corrected chi connectivity index (χ3v) is 6.43. The van der Waals surface area contributed by atoms with Crippen LogP contribution in [0.2, 0.25) is 0 Å². The first-order chi connectivity index (χ1) is 14.6. The summed E-state index contributed by atoms with van der Waals surface area (Å²) in [6, 6.07) is 31.2. The Balaban J connectivity index is 1.43. The lowest BCUT2D eigenvalue weighted by molar-refractivity contribution is -1.24. The number of carbonyl (C=O) groups is 1. The molecule has 3 aliphatic heterocycles. The van der Waals surface area contributed by atoms with Crippen LogP contribution in [-0.2, 0) is 11.2 Å². The van der Waals surface area contributed by atoms with Crippen LogP contribution in [0.5, 0.6) is 0 Å². The fourth-order valence-corrected chi connectivity index (χ4v) is 5.26. The van der Waals surface area contributed by atoms with Crippen molar-refractivity contribution in [3.05, 3.63) is 108 Å². The maximum Gasteiger partial charge on any atom is 0.294 e. The molecule has 150 valence electrons. The molecule has 0 spiro atoms. The number of carbonyl (C=O) groups excluding carboxylic acids is 1. The summed E-state index contributed by atoms with van der Waals surface area (Å²) in [7, 11) is 2.25. The molecule has 4 heteroatoms. The van der Waals surface area contributed by atoms with Gasteiger partial charge in [0.05, 0.1) is 18.2 Å². The van der Waals surface area contributed by atoms with Gasteiger partial charge < -0.3 is 0 Å². The monoisotopic (exact) mass is 397 g/mol. The molecule has 6 rings (SSSR count). The summed E-state index contributed by atoms with van der Waals surface area (Å²) in [6.07, 6.45) is 1.49. The number of rotatable bonds is 7. The van der Waals surface area contributed by atoms with E-state index in [1.165, 1.54) is 11.1 Å². The average Bonchev–Trinajstić information content (AvgIpc) is 3.20. The number of amidine groups is 1. The van der Waals surface area contributed by atoms with Crippen LogP contribution in [0.15, 0.2) is 96.1 Å². The first-order valence-corrected chi connectivity index (χ1v) is 10.6. The summed E-state index contributed by atoms with van der Waals surface area (Å²) in [4.78, 5) is 13.0. The Hall–Kier alpha value is -3.08. The van der Waals surface area contributed by atoms with Gasteiger partial charge in [0.2, 0.25) is 6.67 Å². The summed E-state index contributed by atoms with van der Waals surface area (Å²) < 4.78 is 1.23. The van der Waals surface area contributed by atoms with Crippen molar-refractivity contribution in [3.8, 4) is 0 Å². The molecule has 0 aliphatic carbocycles. The van der Waals surface area contributed by atoms with Crippen LogP contribution in [0.25, 0.3) is 0 Å². The smallest absolute Gasteiger partial charge is 0.293 e. The molecular formula is C26H27N3O+2. The Morgan fingerprint density at radius 2 is 1.50 bits per heavy atom. The molecule has 3 aromatic rings. The van der Waals surface area contributed by atoms with E-state index in [-0.39, 0.29) is 11.9 Å². The molecule has 30 heavy (non-hydrogen) atoms. The van der Waals surface area contributed by atoms with Crippen molar-refractivity contribution in [1.29, 1.82) is 0 Å². The van der Waals surface area contributed by atoms with Gasteiger partial charge in [0.15, 0.2) is 12.3 Å². The predicted molar refractivity (Wildman–Crippen MR) is 118 cm³/mol. The van der Waals surface area contributed by atoms with E-state index < -0.39 is 0 Å². The molecule has 4 nitrogen and oxygen atoms in total. The summed E-state index contributed by atoms with van der Waals surface area (Å²) in [5.74, 6) is 1.37. The van der Waals surface area contributed by atoms with Gasteiger partial charge in [0.1, 0.15) is 0 Å². The molecular weight excluding hydrogens is 370 g/mol. The number of ketones is 1. The molecule has 3 heterocycles. The minimum Gasteiger partial charge on any atom is -0.293 e. The van der Waals surface area contributed by atoms with Gasteiger partial charge >= 0.3 is 0 Å². The molecule has 0 radical (unpaired) electrons. The number of Topliss-reactive ketones (excluding diaryl/α,β-unsaturated/α-hetero) is 1. The first-order valence-electron chi connectivity index (χ1n) is 10.6. The van der Waals surface area contributed by atoms with Gasteiger partial charge in [0.25, 0.3) is 12.0 Å². The zero-order valence-corrected chi connectivity index (χ0v) is 17.3. The lowest BCUT2D eigenvalue weighted by atomic mass is 10.0. The van der Waals surface area contributed by atoms with Crippen molar-refractivity contribution in [2.75, 3.05) is 20.3 Å². The number of hydrogen-bond donors (Lipinski definition) is 0. The van der Waals surface area contributed by atoms with E-state index in [9.17, 15) is 4.79 Å². The number of quaternary nitrogens is 2. The molecule has 0 aromatic heterocycles. The normalized spacial score (nSPS) is 26.7. The van der Waals surface area contributed by atoms with Crippen LogP contribution in [0, 0.1) is 0 Å². The van der Waals surface area contributed by atoms with E-state index in [2.05, 4.69) is 67.7 Å². The van der Waals surface area contributed by atoms with Gasteiger partial charge in [-0.2, -0.15) is 4.48 Å². The van der Waals surface area contributed by atoms with Crippen molar-refractivity contribution in [2.24, 2.45) is 5.10 Å². The molecule has 3 atom stereocenters. The van der Waals surface area contributed by atoms with Crippen molar-refractivity contribution in [2.45, 2.75) is 19.0 Å². The molecule has 0 saturated carbocycles. The zero-order valence-electron chi connectivity index (χ0n) is 17.3. The Morgan fingerprint density at radius 1 is 0.900 bits per heavy atom. The van der Waals surface area contributed by atoms with Gasteiger partial charge in [-0.15, -0.1) is 0 Å². The second-order valence-corrected chi connectivity index (χ2v) is 8.65. The Labute approximate surface area is 177 Å². The molecule has 0 amide bonds. The highest BCUT2D eigenvalue weighted by molar-refractivity contribution is 5.94. The highest BCUT2D eigenvalue weighted by Crippen LogP contribution is 2.54.